The molecule has 1 heterocycles. The third-order valence-electron chi connectivity index (χ3n) is 1.91. The molecule has 0 aromatic carbocycles. The lowest BCUT2D eigenvalue weighted by atomic mass is 10.1. The van der Waals surface area contributed by atoms with Crippen LogP contribution in [0.2, 0.25) is 5.28 Å². The Morgan fingerprint density at radius 3 is 2.71 bits per heavy atom. The van der Waals surface area contributed by atoms with Crippen LogP contribution in [0, 0.1) is 6.92 Å². The minimum atomic E-state index is -1.07. The summed E-state index contributed by atoms with van der Waals surface area (Å²) in [6.07, 6.45) is -0.704. The van der Waals surface area contributed by atoms with Gasteiger partial charge in [-0.3, -0.25) is 0 Å². The van der Waals surface area contributed by atoms with E-state index in [1.54, 1.807) is 6.92 Å². The van der Waals surface area contributed by atoms with Crippen LogP contribution in [0.3, 0.4) is 0 Å². The maximum Gasteiger partial charge on any atom is 0.222 e. The molecule has 0 radical (unpaired) electrons. The molecule has 0 bridgehead atoms. The number of aryl methyl sites for hydroxylation is 1. The molecule has 0 aliphatic carbocycles. The Balaban J connectivity index is 2.95. The van der Waals surface area contributed by atoms with Crippen LogP contribution in [0.5, 0.6) is 0 Å². The summed E-state index contributed by atoms with van der Waals surface area (Å²) in [7, 11) is 0. The smallest absolute Gasteiger partial charge is 0.222 e. The van der Waals surface area contributed by atoms with Crippen LogP contribution in [0.1, 0.15) is 17.4 Å². The largest absolute Gasteiger partial charge is 0.389 e. The highest BCUT2D eigenvalue weighted by Crippen LogP contribution is 2.19. The van der Waals surface area contributed by atoms with Gasteiger partial charge in [0.2, 0.25) is 5.28 Å². The van der Waals surface area contributed by atoms with E-state index in [4.69, 9.17) is 17.3 Å². The van der Waals surface area contributed by atoms with Crippen LogP contribution in [0.4, 0.5) is 0 Å². The van der Waals surface area contributed by atoms with Crippen molar-refractivity contribution < 1.29 is 10.2 Å². The first kappa shape index (κ1) is 11.3. The van der Waals surface area contributed by atoms with Gasteiger partial charge in [-0.2, -0.15) is 0 Å². The number of hydrogen-bond acceptors (Lipinski definition) is 5. The average Bonchev–Trinajstić information content (AvgIpc) is 2.15. The number of aliphatic hydroxyl groups is 2. The van der Waals surface area contributed by atoms with Crippen LogP contribution < -0.4 is 5.73 Å². The minimum Gasteiger partial charge on any atom is -0.389 e. The molecule has 78 valence electrons. The summed E-state index contributed by atoms with van der Waals surface area (Å²) in [5.41, 5.74) is 6.18. The van der Waals surface area contributed by atoms with Crippen molar-refractivity contribution in [3.05, 3.63) is 22.7 Å². The van der Waals surface area contributed by atoms with Crippen LogP contribution in [-0.4, -0.2) is 32.8 Å². The van der Waals surface area contributed by atoms with Crippen LogP contribution in [0.15, 0.2) is 6.20 Å². The van der Waals surface area contributed by atoms with Gasteiger partial charge in [-0.15, -0.1) is 0 Å². The van der Waals surface area contributed by atoms with E-state index in [-0.39, 0.29) is 11.8 Å². The van der Waals surface area contributed by atoms with E-state index in [9.17, 15) is 10.2 Å². The third kappa shape index (κ3) is 2.39. The number of halogens is 1. The predicted molar refractivity (Wildman–Crippen MR) is 51.8 cm³/mol. The van der Waals surface area contributed by atoms with Gasteiger partial charge in [0.05, 0.1) is 6.10 Å². The van der Waals surface area contributed by atoms with Gasteiger partial charge in [-0.1, -0.05) is 0 Å². The van der Waals surface area contributed by atoms with Crippen molar-refractivity contribution >= 4 is 11.6 Å². The lowest BCUT2D eigenvalue weighted by Gasteiger charge is -2.17. The first-order valence-corrected chi connectivity index (χ1v) is 4.49. The lowest BCUT2D eigenvalue weighted by molar-refractivity contribution is 0.0235. The Bertz CT molecular complexity index is 321. The highest BCUT2D eigenvalue weighted by Gasteiger charge is 2.19. The second-order valence-corrected chi connectivity index (χ2v) is 3.27. The molecule has 0 aliphatic rings. The van der Waals surface area contributed by atoms with E-state index >= 15 is 0 Å². The van der Waals surface area contributed by atoms with Crippen molar-refractivity contribution in [1.82, 2.24) is 9.97 Å². The Labute approximate surface area is 86.6 Å². The van der Waals surface area contributed by atoms with E-state index in [2.05, 4.69) is 9.97 Å². The summed E-state index contributed by atoms with van der Waals surface area (Å²) < 4.78 is 0. The topological polar surface area (TPSA) is 92.3 Å². The van der Waals surface area contributed by atoms with Crippen molar-refractivity contribution in [3.8, 4) is 0 Å². The van der Waals surface area contributed by atoms with E-state index in [0.29, 0.717) is 11.3 Å². The standard InChI is InChI=1S/C8H12ClN3O2/c1-4-5(3-11-8(9)12-4)7(14)6(13)2-10/h3,6-7,13-14H,2,10H2,1H3. The molecule has 2 atom stereocenters. The summed E-state index contributed by atoms with van der Waals surface area (Å²) in [6, 6.07) is 0. The number of aliphatic hydroxyl groups excluding tert-OH is 2. The number of hydrogen-bond donors (Lipinski definition) is 3. The van der Waals surface area contributed by atoms with Crippen LogP contribution >= 0.6 is 11.6 Å². The Kier molecular flexibility index (Phi) is 3.77. The molecule has 5 nitrogen and oxygen atoms in total. The van der Waals surface area contributed by atoms with E-state index in [1.807, 2.05) is 0 Å². The molecule has 1 rings (SSSR count). The molecule has 6 heteroatoms. The molecule has 0 saturated carbocycles. The summed E-state index contributed by atoms with van der Waals surface area (Å²) >= 11 is 5.54. The minimum absolute atomic E-state index is 0.0246. The molecule has 0 aliphatic heterocycles. The Morgan fingerprint density at radius 1 is 1.57 bits per heavy atom. The van der Waals surface area contributed by atoms with Gasteiger partial charge < -0.3 is 15.9 Å². The second kappa shape index (κ2) is 4.65. The SMILES string of the molecule is Cc1nc(Cl)ncc1C(O)C(O)CN. The highest BCUT2D eigenvalue weighted by atomic mass is 35.5. The summed E-state index contributed by atoms with van der Waals surface area (Å²) in [4.78, 5) is 7.57. The molecule has 0 amide bonds. The van der Waals surface area contributed by atoms with Crippen molar-refractivity contribution in [2.75, 3.05) is 6.54 Å². The van der Waals surface area contributed by atoms with Crippen molar-refractivity contribution in [2.24, 2.45) is 5.73 Å². The van der Waals surface area contributed by atoms with E-state index < -0.39 is 12.2 Å². The molecule has 14 heavy (non-hydrogen) atoms. The number of nitrogens with two attached hydrogens (primary N) is 1. The first-order valence-electron chi connectivity index (χ1n) is 4.11. The van der Waals surface area contributed by atoms with Gasteiger partial charge in [0.1, 0.15) is 6.10 Å². The monoisotopic (exact) mass is 217 g/mol. The molecule has 1 aromatic heterocycles. The molecule has 0 saturated heterocycles. The molecule has 0 fully saturated rings. The van der Waals surface area contributed by atoms with E-state index in [0.717, 1.165) is 0 Å². The summed E-state index contributed by atoms with van der Waals surface area (Å²) in [5.74, 6) is 0. The maximum atomic E-state index is 9.61. The predicted octanol–water partition coefficient (Wildman–Crippen LogP) is -0.209. The van der Waals surface area contributed by atoms with Crippen molar-refractivity contribution in [2.45, 2.75) is 19.1 Å². The molecule has 0 spiro atoms. The maximum absolute atomic E-state index is 9.61. The fourth-order valence-electron chi connectivity index (χ4n) is 1.07. The summed E-state index contributed by atoms with van der Waals surface area (Å²) in [6.45, 7) is 1.65. The molecule has 2 unspecified atom stereocenters. The highest BCUT2D eigenvalue weighted by molar-refractivity contribution is 6.28. The quantitative estimate of drug-likeness (QED) is 0.610. The number of nitrogens with zero attached hydrogens (tertiary/aromatic N) is 2. The normalized spacial score (nSPS) is 15.2. The average molecular weight is 218 g/mol. The lowest BCUT2D eigenvalue weighted by Crippen LogP contribution is -2.27. The zero-order chi connectivity index (χ0) is 10.7. The number of rotatable bonds is 3. The van der Waals surface area contributed by atoms with Crippen molar-refractivity contribution in [1.29, 1.82) is 0 Å². The van der Waals surface area contributed by atoms with Crippen LogP contribution in [-0.2, 0) is 0 Å². The zero-order valence-corrected chi connectivity index (χ0v) is 8.44. The second-order valence-electron chi connectivity index (χ2n) is 2.93. The zero-order valence-electron chi connectivity index (χ0n) is 7.68. The first-order chi connectivity index (χ1) is 6.56. The Morgan fingerprint density at radius 2 is 2.21 bits per heavy atom. The van der Waals surface area contributed by atoms with Gasteiger partial charge >= 0.3 is 0 Å². The molecular weight excluding hydrogens is 206 g/mol. The fraction of sp³-hybridized carbons (Fsp3) is 0.500. The van der Waals surface area contributed by atoms with Gasteiger partial charge in [0, 0.05) is 24.0 Å². The Hall–Kier alpha value is -0.750. The van der Waals surface area contributed by atoms with Gasteiger partial charge in [-0.05, 0) is 18.5 Å². The third-order valence-corrected chi connectivity index (χ3v) is 2.09. The van der Waals surface area contributed by atoms with E-state index in [1.165, 1.54) is 6.20 Å². The summed E-state index contributed by atoms with van der Waals surface area (Å²) in [5, 5.41) is 19.0. The number of aromatic nitrogens is 2. The molecule has 1 aromatic rings. The van der Waals surface area contributed by atoms with Crippen molar-refractivity contribution in [3.63, 3.8) is 0 Å². The molecular formula is C8H12ClN3O2. The van der Waals surface area contributed by atoms with Crippen LogP contribution in [0.25, 0.3) is 0 Å². The van der Waals surface area contributed by atoms with Gasteiger partial charge in [0.15, 0.2) is 0 Å². The fourth-order valence-corrected chi connectivity index (χ4v) is 1.25. The van der Waals surface area contributed by atoms with Gasteiger partial charge in [-0.25, -0.2) is 9.97 Å². The molecule has 4 N–H and O–H groups in total. The van der Waals surface area contributed by atoms with Gasteiger partial charge in [0.25, 0.3) is 0 Å².